The van der Waals surface area contributed by atoms with Gasteiger partial charge in [-0.05, 0) is 93.3 Å². The quantitative estimate of drug-likeness (QED) is 0.169. The van der Waals surface area contributed by atoms with Gasteiger partial charge in [0.15, 0.2) is 23.1 Å². The number of aromatic nitrogens is 6. The number of allylic oxidation sites excluding steroid dienone is 4. The van der Waals surface area contributed by atoms with Crippen LogP contribution in [0.25, 0.3) is 55.4 Å². The molecule has 0 radical (unpaired) electrons. The van der Waals surface area contributed by atoms with Crippen LogP contribution < -0.4 is 5.32 Å². The Morgan fingerprint density at radius 3 is 1.52 bits per heavy atom. The van der Waals surface area contributed by atoms with Crippen LogP contribution in [0.4, 0.5) is 23.2 Å². The average molecular weight is 1190 g/mol. The molecule has 4 bridgehead atoms. The van der Waals surface area contributed by atoms with Gasteiger partial charge in [-0.2, -0.15) is 0 Å². The van der Waals surface area contributed by atoms with Gasteiger partial charge in [0.05, 0.1) is 70.9 Å². The van der Waals surface area contributed by atoms with Crippen molar-refractivity contribution in [2.45, 2.75) is 102 Å². The molecule has 2 aliphatic carbocycles. The Labute approximate surface area is 496 Å². The zero-order valence-electron chi connectivity index (χ0n) is 47.3. The number of rotatable bonds is 4. The summed E-state index contributed by atoms with van der Waals surface area (Å²) >= 11 is 0. The van der Waals surface area contributed by atoms with Crippen LogP contribution in [0.5, 0.6) is 0 Å². The Balaban J connectivity index is 0.000000152. The van der Waals surface area contributed by atoms with Gasteiger partial charge < -0.3 is 43.7 Å². The number of carbonyl (C=O) groups is 7. The molecule has 23 heteroatoms. The maximum atomic E-state index is 15.3. The number of urea groups is 2. The molecule has 8 aromatic rings. The molecule has 4 saturated heterocycles. The molecule has 0 saturated carbocycles. The Hall–Kier alpha value is -9.02. The number of carbonyl (C=O) groups excluding carboxylic acids is 7. The number of imidazole rings is 2. The fourth-order valence-electron chi connectivity index (χ4n) is 14.5. The van der Waals surface area contributed by atoms with Crippen molar-refractivity contribution in [1.82, 2.24) is 57.7 Å². The standard InChI is InChI=1S/C34H33FN6O5.C29H25FN6O3.ClH/c1-34(2,3)46-33(45)41-17-21-12-22(41)16-40(21)32(44)38-9-8-37-18-24(23-11-20(35)10-19(15-38)31(23)37)29-26(42)13-27(43)30(29)25-14-36-28-6-4-5-7-39(25)28;30-17-7-16-13-34(29(39)36-14-18-9-19(36)11-31-18)6-5-33-15-21(20(8-17)28(16)33)26-23(37)10-24(38)27(26)22-12-32-25-3-1-2-4-35(22)25;/h4-7,10-11,14,18,21-22H,8-9,12-13,15-17H2,1-3H3;1-4,7-8,12,15,18-19,31H,5-6,9-11,13-14H2;1H. The van der Waals surface area contributed by atoms with Crippen LogP contribution in [0.3, 0.4) is 0 Å². The number of Topliss-reactive ketones (excluding diaryl/α,β-unsaturated/α-hetero) is 4. The van der Waals surface area contributed by atoms with Gasteiger partial charge in [-0.3, -0.25) is 28.0 Å². The zero-order valence-corrected chi connectivity index (χ0v) is 48.1. The first-order valence-electron chi connectivity index (χ1n) is 28.9. The number of hydrogen-bond donors (Lipinski definition) is 1. The van der Waals surface area contributed by atoms with E-state index in [0.29, 0.717) is 125 Å². The highest BCUT2D eigenvalue weighted by Crippen LogP contribution is 2.44. The first-order valence-corrected chi connectivity index (χ1v) is 28.9. The summed E-state index contributed by atoms with van der Waals surface area (Å²) in [5.41, 5.74) is 6.87. The highest BCUT2D eigenvalue weighted by molar-refractivity contribution is 6.52. The van der Waals surface area contributed by atoms with Gasteiger partial charge in [0.2, 0.25) is 0 Å². The van der Waals surface area contributed by atoms with E-state index in [1.807, 2.05) is 94.7 Å². The third-order valence-corrected chi connectivity index (χ3v) is 18.1. The molecular weight excluding hydrogens is 1130 g/mol. The second-order valence-corrected chi connectivity index (χ2v) is 24.5. The summed E-state index contributed by atoms with van der Waals surface area (Å²) in [6.07, 6.45) is 11.3. The maximum absolute atomic E-state index is 15.3. The molecule has 5 amide bonds. The molecule has 4 unspecified atom stereocenters. The summed E-state index contributed by atoms with van der Waals surface area (Å²) in [7, 11) is 0. The normalized spacial score (nSPS) is 21.7. The summed E-state index contributed by atoms with van der Waals surface area (Å²) in [5.74, 6) is -2.08. The molecule has 4 fully saturated rings. The van der Waals surface area contributed by atoms with Gasteiger partial charge in [0, 0.05) is 135 Å². The van der Waals surface area contributed by atoms with E-state index in [-0.39, 0.29) is 109 Å². The van der Waals surface area contributed by atoms with Gasteiger partial charge in [-0.25, -0.2) is 33.1 Å². The van der Waals surface area contributed by atoms with Crippen LogP contribution >= 0.6 is 12.4 Å². The van der Waals surface area contributed by atoms with Crippen LogP contribution in [-0.2, 0) is 50.1 Å². The lowest BCUT2D eigenvalue weighted by Gasteiger charge is -2.37. The Morgan fingerprint density at radius 2 is 1.07 bits per heavy atom. The third kappa shape index (κ3) is 8.88. The van der Waals surface area contributed by atoms with Crippen molar-refractivity contribution < 1.29 is 47.1 Å². The summed E-state index contributed by atoms with van der Waals surface area (Å²) < 4.78 is 43.5. The molecule has 440 valence electrons. The monoisotopic (exact) mass is 1180 g/mol. The largest absolute Gasteiger partial charge is 0.444 e. The Kier molecular flexibility index (Phi) is 13.0. The van der Waals surface area contributed by atoms with Crippen molar-refractivity contribution in [3.05, 3.63) is 143 Å². The predicted molar refractivity (Wildman–Crippen MR) is 315 cm³/mol. The number of ketones is 4. The van der Waals surface area contributed by atoms with Crippen molar-refractivity contribution in [3.63, 3.8) is 0 Å². The fourth-order valence-corrected chi connectivity index (χ4v) is 14.5. The molecule has 2 aromatic carbocycles. The van der Waals surface area contributed by atoms with E-state index in [0.717, 1.165) is 24.0 Å². The number of likely N-dealkylation sites (tertiary alicyclic amines) is 3. The number of halogens is 3. The molecule has 16 rings (SSSR count). The molecule has 0 spiro atoms. The summed E-state index contributed by atoms with van der Waals surface area (Å²) in [4.78, 5) is 111. The molecule has 6 aromatic heterocycles. The number of ether oxygens (including phenoxy) is 1. The van der Waals surface area contributed by atoms with Crippen LogP contribution in [0, 0.1) is 11.6 Å². The second kappa shape index (κ2) is 20.3. The van der Waals surface area contributed by atoms with Gasteiger partial charge in [-0.1, -0.05) is 12.1 Å². The molecule has 4 atom stereocenters. The van der Waals surface area contributed by atoms with E-state index in [1.54, 1.807) is 42.1 Å². The van der Waals surface area contributed by atoms with Gasteiger partial charge in [0.1, 0.15) is 28.5 Å². The van der Waals surface area contributed by atoms with E-state index in [1.165, 1.54) is 24.3 Å². The van der Waals surface area contributed by atoms with Gasteiger partial charge in [0.25, 0.3) is 0 Å². The highest BCUT2D eigenvalue weighted by atomic mass is 35.5. The lowest BCUT2D eigenvalue weighted by atomic mass is 9.98. The smallest absolute Gasteiger partial charge is 0.410 e. The van der Waals surface area contributed by atoms with Crippen LogP contribution in [0.15, 0.2) is 97.8 Å². The van der Waals surface area contributed by atoms with Crippen LogP contribution in [-0.4, -0.2) is 163 Å². The highest BCUT2D eigenvalue weighted by Gasteiger charge is 2.50. The maximum Gasteiger partial charge on any atom is 0.410 e. The molecule has 8 aliphatic rings. The summed E-state index contributed by atoms with van der Waals surface area (Å²) in [5, 5.41) is 4.53. The minimum absolute atomic E-state index is 0. The number of benzene rings is 2. The Morgan fingerprint density at radius 1 is 0.593 bits per heavy atom. The number of piperazine rings is 2. The van der Waals surface area contributed by atoms with E-state index < -0.39 is 17.2 Å². The van der Waals surface area contributed by atoms with E-state index in [4.69, 9.17) is 4.74 Å². The molecular formula is C63H59ClF2N12O8. The lowest BCUT2D eigenvalue weighted by molar-refractivity contribution is -0.121. The number of fused-ring (bicyclic) bond motifs is 6. The minimum atomic E-state index is -0.597. The van der Waals surface area contributed by atoms with Crippen molar-refractivity contribution in [2.24, 2.45) is 0 Å². The molecule has 86 heavy (non-hydrogen) atoms. The zero-order chi connectivity index (χ0) is 58.5. The number of amides is 5. The van der Waals surface area contributed by atoms with Crippen molar-refractivity contribution in [3.8, 4) is 0 Å². The van der Waals surface area contributed by atoms with Crippen LogP contribution in [0.2, 0.25) is 0 Å². The number of nitrogens with one attached hydrogen (secondary N) is 1. The first-order chi connectivity index (χ1) is 40.9. The van der Waals surface area contributed by atoms with E-state index in [9.17, 15) is 33.6 Å². The van der Waals surface area contributed by atoms with E-state index >= 15 is 8.78 Å². The third-order valence-electron chi connectivity index (χ3n) is 18.1. The lowest BCUT2D eigenvalue weighted by Crippen LogP contribution is -2.54. The fraction of sp³-hybridized carbons (Fsp3) is 0.349. The van der Waals surface area contributed by atoms with Crippen molar-refractivity contribution >= 4 is 109 Å². The van der Waals surface area contributed by atoms with Gasteiger partial charge >= 0.3 is 18.2 Å². The molecule has 1 N–H and O–H groups in total. The number of nitrogens with zero attached hydrogens (tertiary/aromatic N) is 11. The van der Waals surface area contributed by atoms with Crippen LogP contribution in [0.1, 0.15) is 80.1 Å². The second-order valence-electron chi connectivity index (χ2n) is 24.5. The van der Waals surface area contributed by atoms with Gasteiger partial charge in [-0.15, -0.1) is 12.4 Å². The Bertz CT molecular complexity index is 4380. The average Bonchev–Trinajstić information content (AvgIpc) is 1.63. The number of pyridine rings is 2. The topological polar surface area (TPSA) is 201 Å². The molecule has 20 nitrogen and oxygen atoms in total. The SMILES string of the molecule is CC(C)(C)OC(=O)N1CC2CC1CN2C(=O)N1CCn2cc(C3=C(c4cnc5ccccn45)C(=O)CC3=O)c3cc(F)cc(c32)C1.Cl.O=C1CC(=O)C(c2cnc3ccccn23)=C1c1cn2c3c(cc(F)cc13)CN(C(=O)N1CC3CC1CN3)CC2. The molecule has 12 heterocycles. The number of hydrogen-bond acceptors (Lipinski definition) is 11. The molecule has 6 aliphatic heterocycles. The van der Waals surface area contributed by atoms with Crippen molar-refractivity contribution in [2.75, 3.05) is 39.3 Å². The minimum Gasteiger partial charge on any atom is -0.444 e. The summed E-state index contributed by atoms with van der Waals surface area (Å²) in [6, 6.07) is 17.0. The predicted octanol–water partition coefficient (Wildman–Crippen LogP) is 7.79. The first kappa shape index (κ1) is 54.9. The summed E-state index contributed by atoms with van der Waals surface area (Å²) in [6.45, 7) is 10.1. The van der Waals surface area contributed by atoms with Crippen molar-refractivity contribution in [1.29, 1.82) is 0 Å². The van der Waals surface area contributed by atoms with E-state index in [2.05, 4.69) is 15.3 Å².